The lowest BCUT2D eigenvalue weighted by atomic mass is 10.2. The highest BCUT2D eigenvalue weighted by Gasteiger charge is 2.16. The van der Waals surface area contributed by atoms with Crippen LogP contribution in [0.4, 0.5) is 0 Å². The Bertz CT molecular complexity index is 984. The first-order valence-electron chi connectivity index (χ1n) is 7.90. The van der Waals surface area contributed by atoms with Crippen molar-refractivity contribution >= 4 is 40.0 Å². The lowest BCUT2D eigenvalue weighted by Gasteiger charge is -2.16. The molecule has 6 heteroatoms. The lowest BCUT2D eigenvalue weighted by Crippen LogP contribution is -2.25. The third-order valence-electron chi connectivity index (χ3n) is 3.78. The molecule has 0 aliphatic rings. The fourth-order valence-electron chi connectivity index (χ4n) is 2.55. The van der Waals surface area contributed by atoms with Gasteiger partial charge in [-0.15, -0.1) is 0 Å². The zero-order valence-corrected chi connectivity index (χ0v) is 15.5. The van der Waals surface area contributed by atoms with Gasteiger partial charge in [0.15, 0.2) is 10.9 Å². The molecule has 0 fully saturated rings. The van der Waals surface area contributed by atoms with Crippen LogP contribution in [-0.2, 0) is 0 Å². The van der Waals surface area contributed by atoms with Crippen LogP contribution in [0, 0.1) is 0 Å². The molecule has 0 unspecified atom stereocenters. The van der Waals surface area contributed by atoms with Crippen LogP contribution < -0.4 is 5.56 Å². The summed E-state index contributed by atoms with van der Waals surface area (Å²) >= 11 is 7.30. The van der Waals surface area contributed by atoms with Gasteiger partial charge in [-0.05, 0) is 32.0 Å². The Morgan fingerprint density at radius 2 is 1.92 bits per heavy atom. The Kier molecular flexibility index (Phi) is 5.25. The summed E-state index contributed by atoms with van der Waals surface area (Å²) in [6, 6.07) is 14.1. The summed E-state index contributed by atoms with van der Waals surface area (Å²) in [5.74, 6) is 0.219. The molecule has 3 rings (SSSR count). The first-order chi connectivity index (χ1) is 12.0. The molecule has 0 aliphatic carbocycles. The molecule has 0 saturated heterocycles. The Labute approximate surface area is 154 Å². The van der Waals surface area contributed by atoms with Crippen LogP contribution >= 0.6 is 23.4 Å². The number of Topliss-reactive ketones (excluding diaryl/α,β-unsaturated/α-hetero) is 1. The second-order valence-corrected chi connectivity index (χ2v) is 7.28. The van der Waals surface area contributed by atoms with Crippen molar-refractivity contribution in [1.82, 2.24) is 9.55 Å². The average molecular weight is 373 g/mol. The van der Waals surface area contributed by atoms with Crippen molar-refractivity contribution in [2.45, 2.75) is 25.0 Å². The number of ketones is 1. The number of carbonyl (C=O) groups is 1. The molecule has 1 aromatic heterocycles. The van der Waals surface area contributed by atoms with Crippen LogP contribution in [0.2, 0.25) is 5.02 Å². The largest absolute Gasteiger partial charge is 0.293 e. The van der Waals surface area contributed by atoms with E-state index in [0.29, 0.717) is 26.6 Å². The maximum Gasteiger partial charge on any atom is 0.262 e. The number of carbonyl (C=O) groups excluding carboxylic acids is 1. The fraction of sp³-hybridized carbons (Fsp3) is 0.211. The van der Waals surface area contributed by atoms with Gasteiger partial charge in [-0.25, -0.2) is 4.98 Å². The van der Waals surface area contributed by atoms with E-state index in [-0.39, 0.29) is 23.1 Å². The second kappa shape index (κ2) is 7.42. The van der Waals surface area contributed by atoms with E-state index >= 15 is 0 Å². The van der Waals surface area contributed by atoms with Crippen LogP contribution in [0.15, 0.2) is 58.5 Å². The Morgan fingerprint density at radius 3 is 2.60 bits per heavy atom. The Balaban J connectivity index is 1.98. The van der Waals surface area contributed by atoms with E-state index in [2.05, 4.69) is 4.98 Å². The van der Waals surface area contributed by atoms with Gasteiger partial charge in [0.1, 0.15) is 0 Å². The van der Waals surface area contributed by atoms with E-state index in [1.54, 1.807) is 34.9 Å². The molecular formula is C19H17ClN2O2S. The summed E-state index contributed by atoms with van der Waals surface area (Å²) in [5.41, 5.74) is 1.08. The molecule has 0 saturated carbocycles. The maximum absolute atomic E-state index is 12.8. The van der Waals surface area contributed by atoms with Crippen molar-refractivity contribution in [1.29, 1.82) is 0 Å². The van der Waals surface area contributed by atoms with Crippen molar-refractivity contribution in [2.75, 3.05) is 5.75 Å². The van der Waals surface area contributed by atoms with Crippen molar-refractivity contribution in [3.05, 3.63) is 69.5 Å². The van der Waals surface area contributed by atoms with E-state index in [9.17, 15) is 9.59 Å². The van der Waals surface area contributed by atoms with Crippen LogP contribution in [-0.4, -0.2) is 21.1 Å². The first kappa shape index (κ1) is 17.7. The van der Waals surface area contributed by atoms with Crippen molar-refractivity contribution in [3.8, 4) is 0 Å². The molecule has 0 spiro atoms. The predicted octanol–water partition coefficient (Wildman–Crippen LogP) is 4.61. The van der Waals surface area contributed by atoms with Crippen LogP contribution in [0.25, 0.3) is 10.9 Å². The maximum atomic E-state index is 12.8. The molecule has 0 N–H and O–H groups in total. The van der Waals surface area contributed by atoms with E-state index in [1.807, 2.05) is 32.0 Å². The predicted molar refractivity (Wildman–Crippen MR) is 103 cm³/mol. The van der Waals surface area contributed by atoms with Gasteiger partial charge in [-0.2, -0.15) is 0 Å². The van der Waals surface area contributed by atoms with Gasteiger partial charge in [0.2, 0.25) is 0 Å². The van der Waals surface area contributed by atoms with E-state index in [4.69, 9.17) is 11.6 Å². The summed E-state index contributed by atoms with van der Waals surface area (Å²) in [4.78, 5) is 29.7. The van der Waals surface area contributed by atoms with Gasteiger partial charge >= 0.3 is 0 Å². The zero-order chi connectivity index (χ0) is 18.0. The quantitative estimate of drug-likeness (QED) is 0.373. The minimum absolute atomic E-state index is 0.00125. The smallest absolute Gasteiger partial charge is 0.262 e. The van der Waals surface area contributed by atoms with E-state index in [0.717, 1.165) is 0 Å². The number of hydrogen-bond donors (Lipinski definition) is 0. The third kappa shape index (κ3) is 3.78. The highest BCUT2D eigenvalue weighted by molar-refractivity contribution is 7.99. The topological polar surface area (TPSA) is 52.0 Å². The highest BCUT2D eigenvalue weighted by atomic mass is 35.5. The van der Waals surface area contributed by atoms with Crippen molar-refractivity contribution in [3.63, 3.8) is 0 Å². The lowest BCUT2D eigenvalue weighted by molar-refractivity contribution is 0.102. The SMILES string of the molecule is CC(C)n1c(SCC(=O)c2ccccc2)nc2cc(Cl)ccc2c1=O. The standard InChI is InChI=1S/C19H17ClN2O2S/c1-12(2)22-18(24)15-9-8-14(20)10-16(15)21-19(22)25-11-17(23)13-6-4-3-5-7-13/h3-10,12H,11H2,1-2H3. The van der Waals surface area contributed by atoms with Gasteiger partial charge in [-0.1, -0.05) is 53.7 Å². The molecule has 128 valence electrons. The minimum Gasteiger partial charge on any atom is -0.293 e. The third-order valence-corrected chi connectivity index (χ3v) is 4.96. The van der Waals surface area contributed by atoms with Crippen molar-refractivity contribution < 1.29 is 4.79 Å². The monoisotopic (exact) mass is 372 g/mol. The van der Waals surface area contributed by atoms with Gasteiger partial charge in [-0.3, -0.25) is 14.2 Å². The number of halogens is 1. The summed E-state index contributed by atoms with van der Waals surface area (Å²) < 4.78 is 1.62. The number of aromatic nitrogens is 2. The molecule has 0 amide bonds. The van der Waals surface area contributed by atoms with E-state index in [1.165, 1.54) is 11.8 Å². The summed E-state index contributed by atoms with van der Waals surface area (Å²) in [6.07, 6.45) is 0. The summed E-state index contributed by atoms with van der Waals surface area (Å²) in [7, 11) is 0. The second-order valence-electron chi connectivity index (χ2n) is 5.90. The normalized spacial score (nSPS) is 11.2. The Morgan fingerprint density at radius 1 is 1.20 bits per heavy atom. The number of benzene rings is 2. The molecule has 0 bridgehead atoms. The molecule has 2 aromatic carbocycles. The van der Waals surface area contributed by atoms with E-state index < -0.39 is 0 Å². The van der Waals surface area contributed by atoms with Crippen molar-refractivity contribution in [2.24, 2.45) is 0 Å². The molecular weight excluding hydrogens is 356 g/mol. The van der Waals surface area contributed by atoms with Crippen LogP contribution in [0.1, 0.15) is 30.2 Å². The summed E-state index contributed by atoms with van der Waals surface area (Å²) in [6.45, 7) is 3.85. The molecule has 0 aliphatic heterocycles. The molecule has 1 heterocycles. The number of nitrogens with zero attached hydrogens (tertiary/aromatic N) is 2. The minimum atomic E-state index is -0.119. The fourth-order valence-corrected chi connectivity index (χ4v) is 3.74. The van der Waals surface area contributed by atoms with Gasteiger partial charge in [0, 0.05) is 16.6 Å². The van der Waals surface area contributed by atoms with Gasteiger partial charge in [0.25, 0.3) is 5.56 Å². The molecule has 3 aromatic rings. The van der Waals surface area contributed by atoms with Crippen LogP contribution in [0.5, 0.6) is 0 Å². The highest BCUT2D eigenvalue weighted by Crippen LogP contribution is 2.23. The molecule has 4 nitrogen and oxygen atoms in total. The number of hydrogen-bond acceptors (Lipinski definition) is 4. The number of rotatable bonds is 5. The van der Waals surface area contributed by atoms with Gasteiger partial charge < -0.3 is 0 Å². The number of fused-ring (bicyclic) bond motifs is 1. The average Bonchev–Trinajstić information content (AvgIpc) is 2.59. The Hall–Kier alpha value is -2.11. The molecule has 0 atom stereocenters. The summed E-state index contributed by atoms with van der Waals surface area (Å²) in [5, 5.41) is 1.58. The molecule has 0 radical (unpaired) electrons. The zero-order valence-electron chi connectivity index (χ0n) is 13.9. The van der Waals surface area contributed by atoms with Crippen LogP contribution in [0.3, 0.4) is 0 Å². The van der Waals surface area contributed by atoms with Gasteiger partial charge in [0.05, 0.1) is 16.7 Å². The number of thioether (sulfide) groups is 1. The molecule has 25 heavy (non-hydrogen) atoms. The first-order valence-corrected chi connectivity index (χ1v) is 9.26.